The summed E-state index contributed by atoms with van der Waals surface area (Å²) in [5.74, 6) is -1.88. The molecule has 14 heavy (non-hydrogen) atoms. The molecule has 82 valence electrons. The van der Waals surface area contributed by atoms with Gasteiger partial charge in [0, 0.05) is 0 Å². The predicted octanol–water partition coefficient (Wildman–Crippen LogP) is 1.21. The van der Waals surface area contributed by atoms with Crippen molar-refractivity contribution in [1.29, 1.82) is 0 Å². The molecule has 0 rings (SSSR count). The van der Waals surface area contributed by atoms with E-state index in [1.54, 1.807) is 13.8 Å². The molecule has 0 spiro atoms. The van der Waals surface area contributed by atoms with Gasteiger partial charge in [0.25, 0.3) is 0 Å². The Labute approximate surface area is 89.9 Å². The van der Waals surface area contributed by atoms with Gasteiger partial charge in [-0.2, -0.15) is 0 Å². The first-order valence-corrected chi connectivity index (χ1v) is 5.07. The normalized spacial score (nSPS) is 14.3. The van der Waals surface area contributed by atoms with E-state index < -0.39 is 22.9 Å². The average molecular weight is 271 g/mol. The molecule has 0 aliphatic rings. The van der Waals surface area contributed by atoms with Gasteiger partial charge in [0.1, 0.15) is 0 Å². The van der Waals surface area contributed by atoms with Crippen LogP contribution in [0.3, 0.4) is 0 Å². The topological polar surface area (TPSA) is 52.6 Å². The molecule has 0 bridgehead atoms. The number of esters is 2. The minimum atomic E-state index is -2.03. The maximum absolute atomic E-state index is 13.1. The molecule has 0 saturated heterocycles. The van der Waals surface area contributed by atoms with E-state index in [1.165, 1.54) is 0 Å². The van der Waals surface area contributed by atoms with Crippen LogP contribution in [0.5, 0.6) is 0 Å². The van der Waals surface area contributed by atoms with E-state index in [-0.39, 0.29) is 13.2 Å². The van der Waals surface area contributed by atoms with Crippen LogP contribution in [0.15, 0.2) is 0 Å². The average Bonchev–Trinajstić information content (AvgIpc) is 2.16. The number of carbonyl (C=O) groups is 2. The highest BCUT2D eigenvalue weighted by atomic mass is 79.9. The molecule has 0 N–H and O–H groups in total. The molecule has 0 aromatic carbocycles. The zero-order valence-corrected chi connectivity index (χ0v) is 9.54. The maximum Gasteiger partial charge on any atom is 0.342 e. The molecule has 4 nitrogen and oxygen atoms in total. The fourth-order valence-corrected chi connectivity index (χ4v) is 1.03. The lowest BCUT2D eigenvalue weighted by Crippen LogP contribution is -2.34. The number of carbonyl (C=O) groups excluding carboxylic acids is 2. The molecule has 0 radical (unpaired) electrons. The lowest BCUT2D eigenvalue weighted by molar-refractivity contribution is -0.154. The molecular formula is C8H12BrFO4. The summed E-state index contributed by atoms with van der Waals surface area (Å²) < 4.78 is 22.0. The van der Waals surface area contributed by atoms with Crippen LogP contribution in [0.2, 0.25) is 0 Å². The largest absolute Gasteiger partial charge is 0.465 e. The predicted molar refractivity (Wildman–Crippen MR) is 50.9 cm³/mol. The minimum Gasteiger partial charge on any atom is -0.465 e. The number of hydrogen-bond acceptors (Lipinski definition) is 4. The molecule has 0 saturated carbocycles. The third-order valence-electron chi connectivity index (χ3n) is 1.28. The Hall–Kier alpha value is -0.650. The number of ether oxygens (including phenoxy) is 2. The third-order valence-corrected chi connectivity index (χ3v) is 2.12. The van der Waals surface area contributed by atoms with Gasteiger partial charge in [0.15, 0.2) is 4.83 Å². The van der Waals surface area contributed by atoms with Gasteiger partial charge in [-0.1, -0.05) is 15.9 Å². The monoisotopic (exact) mass is 270 g/mol. The first-order chi connectivity index (χ1) is 6.54. The smallest absolute Gasteiger partial charge is 0.342 e. The summed E-state index contributed by atoms with van der Waals surface area (Å²) >= 11 is 2.73. The molecule has 0 aromatic rings. The van der Waals surface area contributed by atoms with Crippen molar-refractivity contribution in [2.45, 2.75) is 24.8 Å². The van der Waals surface area contributed by atoms with Crippen molar-refractivity contribution < 1.29 is 23.5 Å². The van der Waals surface area contributed by atoms with E-state index >= 15 is 0 Å². The Balaban J connectivity index is 4.16. The standard InChI is InChI=1S/C8H12BrFO4/c1-3-13-7(11)5(9)6(10)8(12)14-4-2/h5-6H,3-4H2,1-2H3/t5-,6+/m1/s1. The van der Waals surface area contributed by atoms with Gasteiger partial charge in [-0.05, 0) is 13.8 Å². The number of rotatable bonds is 5. The van der Waals surface area contributed by atoms with Gasteiger partial charge in [0.2, 0.25) is 6.17 Å². The second-order valence-electron chi connectivity index (χ2n) is 2.31. The van der Waals surface area contributed by atoms with Crippen LogP contribution in [-0.2, 0) is 19.1 Å². The van der Waals surface area contributed by atoms with Crippen molar-refractivity contribution >= 4 is 27.9 Å². The molecule has 0 amide bonds. The van der Waals surface area contributed by atoms with Crippen LogP contribution in [0.4, 0.5) is 4.39 Å². The zero-order chi connectivity index (χ0) is 11.1. The van der Waals surface area contributed by atoms with E-state index in [0.29, 0.717) is 0 Å². The fourth-order valence-electron chi connectivity index (χ4n) is 0.683. The van der Waals surface area contributed by atoms with Crippen LogP contribution in [0.1, 0.15) is 13.8 Å². The van der Waals surface area contributed by atoms with Gasteiger partial charge >= 0.3 is 11.9 Å². The van der Waals surface area contributed by atoms with Crippen molar-refractivity contribution in [3.05, 3.63) is 0 Å². The van der Waals surface area contributed by atoms with Crippen molar-refractivity contribution in [3.8, 4) is 0 Å². The van der Waals surface area contributed by atoms with Gasteiger partial charge in [-0.3, -0.25) is 4.79 Å². The molecule has 0 unspecified atom stereocenters. The first kappa shape index (κ1) is 13.4. The summed E-state index contributed by atoms with van der Waals surface area (Å²) in [5.41, 5.74) is 0. The minimum absolute atomic E-state index is 0.0712. The summed E-state index contributed by atoms with van der Waals surface area (Å²) in [5, 5.41) is 0. The molecule has 0 aromatic heterocycles. The SMILES string of the molecule is CCOC(=O)[C@@H](F)[C@@H](Br)C(=O)OCC. The van der Waals surface area contributed by atoms with Gasteiger partial charge in [-0.15, -0.1) is 0 Å². The van der Waals surface area contributed by atoms with Crippen molar-refractivity contribution in [1.82, 2.24) is 0 Å². The first-order valence-electron chi connectivity index (χ1n) is 4.16. The molecule has 6 heteroatoms. The lowest BCUT2D eigenvalue weighted by Gasteiger charge is -2.12. The summed E-state index contributed by atoms with van der Waals surface area (Å²) in [6.07, 6.45) is -2.03. The molecule has 0 aliphatic heterocycles. The highest BCUT2D eigenvalue weighted by Crippen LogP contribution is 2.13. The van der Waals surface area contributed by atoms with E-state index in [0.717, 1.165) is 0 Å². The zero-order valence-electron chi connectivity index (χ0n) is 7.96. The number of hydrogen-bond donors (Lipinski definition) is 0. The molecule has 0 heterocycles. The highest BCUT2D eigenvalue weighted by Gasteiger charge is 2.33. The highest BCUT2D eigenvalue weighted by molar-refractivity contribution is 9.10. The summed E-state index contributed by atoms with van der Waals surface area (Å²) in [6, 6.07) is 0. The van der Waals surface area contributed by atoms with Gasteiger partial charge < -0.3 is 9.47 Å². The van der Waals surface area contributed by atoms with E-state index in [9.17, 15) is 14.0 Å². The Morgan fingerprint density at radius 1 is 1.21 bits per heavy atom. The Bertz CT molecular complexity index is 188. The Kier molecular flexibility index (Phi) is 6.44. The van der Waals surface area contributed by atoms with Crippen LogP contribution in [0, 0.1) is 0 Å². The van der Waals surface area contributed by atoms with E-state index in [2.05, 4.69) is 25.4 Å². The van der Waals surface area contributed by atoms with E-state index in [1.807, 2.05) is 0 Å². The van der Waals surface area contributed by atoms with Crippen LogP contribution in [0.25, 0.3) is 0 Å². The molecular weight excluding hydrogens is 259 g/mol. The summed E-state index contributed by atoms with van der Waals surface area (Å²) in [4.78, 5) is 20.5. The van der Waals surface area contributed by atoms with Crippen LogP contribution < -0.4 is 0 Å². The molecule has 0 aliphatic carbocycles. The third kappa shape index (κ3) is 4.04. The summed E-state index contributed by atoms with van der Waals surface area (Å²) in [6.45, 7) is 3.35. The Morgan fingerprint density at radius 3 is 2.07 bits per heavy atom. The number of alkyl halides is 2. The number of halogens is 2. The van der Waals surface area contributed by atoms with Gasteiger partial charge in [-0.25, -0.2) is 9.18 Å². The van der Waals surface area contributed by atoms with Gasteiger partial charge in [0.05, 0.1) is 13.2 Å². The van der Waals surface area contributed by atoms with Crippen LogP contribution >= 0.6 is 15.9 Å². The summed E-state index contributed by atoms with van der Waals surface area (Å²) in [7, 11) is 0. The second kappa shape index (κ2) is 6.75. The van der Waals surface area contributed by atoms with E-state index in [4.69, 9.17) is 0 Å². The van der Waals surface area contributed by atoms with Crippen molar-refractivity contribution in [3.63, 3.8) is 0 Å². The maximum atomic E-state index is 13.1. The second-order valence-corrected chi connectivity index (χ2v) is 3.29. The lowest BCUT2D eigenvalue weighted by atomic mass is 10.3. The fraction of sp³-hybridized carbons (Fsp3) is 0.750. The molecule has 2 atom stereocenters. The Morgan fingerprint density at radius 2 is 1.64 bits per heavy atom. The quantitative estimate of drug-likeness (QED) is 0.557. The molecule has 0 fully saturated rings. The van der Waals surface area contributed by atoms with Crippen molar-refractivity contribution in [2.24, 2.45) is 0 Å². The van der Waals surface area contributed by atoms with Crippen LogP contribution in [-0.4, -0.2) is 36.2 Å². The van der Waals surface area contributed by atoms with Crippen molar-refractivity contribution in [2.75, 3.05) is 13.2 Å².